The molecule has 156 valence electrons. The Hall–Kier alpha value is -3.99. The Bertz CT molecular complexity index is 1150. The number of nitrogens with zero attached hydrogens (tertiary/aromatic N) is 1. The quantitative estimate of drug-likeness (QED) is 0.580. The molecule has 1 atom stereocenters. The van der Waals surface area contributed by atoms with Crippen LogP contribution in [0.3, 0.4) is 0 Å². The molecule has 2 aliphatic rings. The number of benzene rings is 2. The van der Waals surface area contributed by atoms with Gasteiger partial charge in [0.05, 0.1) is 6.54 Å². The van der Waals surface area contributed by atoms with Crippen molar-refractivity contribution < 1.29 is 23.6 Å². The average Bonchev–Trinajstić information content (AvgIpc) is 3.10. The number of fused-ring (bicyclic) bond motifs is 1. The highest BCUT2D eigenvalue weighted by atomic mass is 19.1. The molecule has 2 aromatic carbocycles. The molecule has 8 heteroatoms. The van der Waals surface area contributed by atoms with Crippen molar-refractivity contribution in [3.05, 3.63) is 70.0 Å². The maximum absolute atomic E-state index is 15.1. The normalized spacial score (nSPS) is 17.7. The molecule has 0 bridgehead atoms. The van der Waals surface area contributed by atoms with Gasteiger partial charge in [0.1, 0.15) is 11.9 Å². The Morgan fingerprint density at radius 3 is 2.61 bits per heavy atom. The average molecular weight is 419 g/mol. The van der Waals surface area contributed by atoms with Crippen molar-refractivity contribution in [2.24, 2.45) is 0 Å². The van der Waals surface area contributed by atoms with Crippen LogP contribution in [0.4, 0.5) is 4.39 Å². The van der Waals surface area contributed by atoms with Crippen molar-refractivity contribution in [1.29, 1.82) is 0 Å². The molecule has 4 amide bonds. The van der Waals surface area contributed by atoms with E-state index in [4.69, 9.17) is 6.42 Å². The van der Waals surface area contributed by atoms with Crippen LogP contribution in [0.2, 0.25) is 0 Å². The fourth-order valence-electron chi connectivity index (χ4n) is 3.78. The molecule has 2 aromatic rings. The van der Waals surface area contributed by atoms with Crippen LogP contribution in [-0.2, 0) is 22.7 Å². The summed E-state index contributed by atoms with van der Waals surface area (Å²) in [6.45, 7) is -0.136. The van der Waals surface area contributed by atoms with Gasteiger partial charge in [-0.2, -0.15) is 0 Å². The van der Waals surface area contributed by atoms with Crippen LogP contribution in [0.5, 0.6) is 0 Å². The molecule has 1 fully saturated rings. The fraction of sp³-hybridized carbons (Fsp3) is 0.217. The summed E-state index contributed by atoms with van der Waals surface area (Å²) in [5, 5.41) is 4.86. The number of terminal acetylenes is 1. The summed E-state index contributed by atoms with van der Waals surface area (Å²) in [5.41, 5.74) is 1.62. The molecule has 0 radical (unpaired) electrons. The zero-order chi connectivity index (χ0) is 22.1. The molecule has 2 aliphatic heterocycles. The van der Waals surface area contributed by atoms with Crippen LogP contribution in [0.25, 0.3) is 0 Å². The van der Waals surface area contributed by atoms with Crippen LogP contribution in [0.15, 0.2) is 36.4 Å². The summed E-state index contributed by atoms with van der Waals surface area (Å²) >= 11 is 0. The van der Waals surface area contributed by atoms with Gasteiger partial charge in [-0.1, -0.05) is 12.0 Å². The van der Waals surface area contributed by atoms with E-state index in [1.165, 1.54) is 17.0 Å². The van der Waals surface area contributed by atoms with E-state index in [1.807, 2.05) is 0 Å². The maximum Gasteiger partial charge on any atom is 0.255 e. The SMILES string of the molecule is C#Cc1ccc(C(=O)NCc2ccc3c(c2F)CN(C2CCC(=O)NC2=O)C3=O)cc1. The van der Waals surface area contributed by atoms with Crippen molar-refractivity contribution in [2.45, 2.75) is 32.0 Å². The number of nitrogens with one attached hydrogen (secondary N) is 2. The summed E-state index contributed by atoms with van der Waals surface area (Å²) < 4.78 is 15.1. The predicted octanol–water partition coefficient (Wildman–Crippen LogP) is 1.50. The third-order valence-corrected chi connectivity index (χ3v) is 5.48. The lowest BCUT2D eigenvalue weighted by molar-refractivity contribution is -0.136. The molecule has 1 saturated heterocycles. The van der Waals surface area contributed by atoms with Gasteiger partial charge in [0.2, 0.25) is 11.8 Å². The van der Waals surface area contributed by atoms with E-state index in [0.29, 0.717) is 11.1 Å². The van der Waals surface area contributed by atoms with Crippen molar-refractivity contribution in [1.82, 2.24) is 15.5 Å². The number of carbonyl (C=O) groups is 4. The van der Waals surface area contributed by atoms with Crippen LogP contribution in [0.1, 0.15) is 50.2 Å². The molecule has 0 aromatic heterocycles. The second kappa shape index (κ2) is 8.03. The Labute approximate surface area is 177 Å². The van der Waals surface area contributed by atoms with Crippen LogP contribution in [0, 0.1) is 18.2 Å². The smallest absolute Gasteiger partial charge is 0.255 e. The molecule has 31 heavy (non-hydrogen) atoms. The fourth-order valence-corrected chi connectivity index (χ4v) is 3.78. The van der Waals surface area contributed by atoms with Crippen molar-refractivity contribution in [3.63, 3.8) is 0 Å². The first-order valence-corrected chi connectivity index (χ1v) is 9.69. The number of imide groups is 1. The monoisotopic (exact) mass is 419 g/mol. The molecular formula is C23H18FN3O4. The summed E-state index contributed by atoms with van der Waals surface area (Å²) in [5.74, 6) is 0.0937. The van der Waals surface area contributed by atoms with Gasteiger partial charge in [0.25, 0.3) is 11.8 Å². The highest BCUT2D eigenvalue weighted by molar-refractivity contribution is 6.05. The lowest BCUT2D eigenvalue weighted by atomic mass is 10.0. The van der Waals surface area contributed by atoms with Crippen molar-refractivity contribution in [3.8, 4) is 12.3 Å². The van der Waals surface area contributed by atoms with Gasteiger partial charge in [0, 0.05) is 40.8 Å². The minimum absolute atomic E-state index is 0.0678. The molecule has 2 N–H and O–H groups in total. The highest BCUT2D eigenvalue weighted by Crippen LogP contribution is 2.30. The van der Waals surface area contributed by atoms with E-state index in [-0.39, 0.29) is 54.4 Å². The van der Waals surface area contributed by atoms with Crippen LogP contribution < -0.4 is 10.6 Å². The van der Waals surface area contributed by atoms with E-state index < -0.39 is 23.7 Å². The largest absolute Gasteiger partial charge is 0.348 e. The Kier molecular flexibility index (Phi) is 5.26. The van der Waals surface area contributed by atoms with Crippen LogP contribution in [-0.4, -0.2) is 34.6 Å². The van der Waals surface area contributed by atoms with E-state index >= 15 is 4.39 Å². The van der Waals surface area contributed by atoms with Gasteiger partial charge in [0.15, 0.2) is 0 Å². The molecule has 0 saturated carbocycles. The Morgan fingerprint density at radius 1 is 1.19 bits per heavy atom. The second-order valence-electron chi connectivity index (χ2n) is 7.37. The first-order chi connectivity index (χ1) is 14.9. The van der Waals surface area contributed by atoms with Crippen molar-refractivity contribution >= 4 is 23.6 Å². The number of halogens is 1. The van der Waals surface area contributed by atoms with Crippen molar-refractivity contribution in [2.75, 3.05) is 0 Å². The molecule has 0 aliphatic carbocycles. The number of hydrogen-bond donors (Lipinski definition) is 2. The summed E-state index contributed by atoms with van der Waals surface area (Å²) in [7, 11) is 0. The van der Waals surface area contributed by atoms with Gasteiger partial charge >= 0.3 is 0 Å². The number of carbonyl (C=O) groups excluding carboxylic acids is 4. The van der Waals surface area contributed by atoms with E-state index in [0.717, 1.165) is 0 Å². The van der Waals surface area contributed by atoms with Gasteiger partial charge < -0.3 is 10.2 Å². The van der Waals surface area contributed by atoms with E-state index in [1.54, 1.807) is 24.3 Å². The Balaban J connectivity index is 1.48. The molecule has 4 rings (SSSR count). The standard InChI is InChI=1S/C23H18FN3O4/c1-2-13-3-5-14(6-4-13)21(29)25-11-15-7-8-16-17(20(15)24)12-27(23(16)31)18-9-10-19(28)26-22(18)30/h1,3-8,18H,9-12H2,(H,25,29)(H,26,28,30). The summed E-state index contributed by atoms with van der Waals surface area (Å²) in [6, 6.07) is 8.57. The zero-order valence-corrected chi connectivity index (χ0v) is 16.4. The lowest BCUT2D eigenvalue weighted by Gasteiger charge is -2.29. The third kappa shape index (κ3) is 3.78. The minimum atomic E-state index is -0.814. The zero-order valence-electron chi connectivity index (χ0n) is 16.4. The molecule has 1 unspecified atom stereocenters. The molecule has 0 spiro atoms. The summed E-state index contributed by atoms with van der Waals surface area (Å²) in [6.07, 6.45) is 5.62. The number of piperidine rings is 1. The van der Waals surface area contributed by atoms with E-state index in [2.05, 4.69) is 16.6 Å². The lowest BCUT2D eigenvalue weighted by Crippen LogP contribution is -2.52. The topological polar surface area (TPSA) is 95.6 Å². The maximum atomic E-state index is 15.1. The van der Waals surface area contributed by atoms with E-state index in [9.17, 15) is 19.2 Å². The van der Waals surface area contributed by atoms with Gasteiger partial charge in [-0.25, -0.2) is 4.39 Å². The molecule has 7 nitrogen and oxygen atoms in total. The third-order valence-electron chi connectivity index (χ3n) is 5.48. The summed E-state index contributed by atoms with van der Waals surface area (Å²) in [4.78, 5) is 49.8. The number of hydrogen-bond acceptors (Lipinski definition) is 4. The molecule has 2 heterocycles. The minimum Gasteiger partial charge on any atom is -0.348 e. The predicted molar refractivity (Wildman–Crippen MR) is 108 cm³/mol. The first-order valence-electron chi connectivity index (χ1n) is 9.69. The van der Waals surface area contributed by atoms with Crippen LogP contribution >= 0.6 is 0 Å². The molecular weight excluding hydrogens is 401 g/mol. The van der Waals surface area contributed by atoms with Gasteiger partial charge in [-0.3, -0.25) is 24.5 Å². The van der Waals surface area contributed by atoms with Gasteiger partial charge in [-0.15, -0.1) is 6.42 Å². The second-order valence-corrected chi connectivity index (χ2v) is 7.37. The number of amides is 4. The number of rotatable bonds is 4. The first kappa shape index (κ1) is 20.3. The Morgan fingerprint density at radius 2 is 1.94 bits per heavy atom. The van der Waals surface area contributed by atoms with Gasteiger partial charge in [-0.05, 0) is 36.8 Å². The highest BCUT2D eigenvalue weighted by Gasteiger charge is 2.40.